The fourth-order valence-corrected chi connectivity index (χ4v) is 3.51. The number of aromatic nitrogens is 5. The predicted octanol–water partition coefficient (Wildman–Crippen LogP) is 1.59. The molecule has 0 spiro atoms. The minimum atomic E-state index is -0.220. The van der Waals surface area contributed by atoms with Crippen LogP contribution in [0.2, 0.25) is 0 Å². The third kappa shape index (κ3) is 3.61. The molecule has 2 unspecified atom stereocenters. The average molecular weight is 365 g/mol. The molecule has 140 valence electrons. The number of hydrogen-bond donors (Lipinski definition) is 2. The molecule has 0 aromatic carbocycles. The minimum absolute atomic E-state index is 0.220. The molecule has 8 heteroatoms. The summed E-state index contributed by atoms with van der Waals surface area (Å²) in [5, 5.41) is 16.2. The number of anilines is 1. The lowest BCUT2D eigenvalue weighted by molar-refractivity contribution is 0.370. The Balaban J connectivity index is 1.54. The summed E-state index contributed by atoms with van der Waals surface area (Å²) in [4.78, 5) is 17.4. The molecule has 1 saturated heterocycles. The van der Waals surface area contributed by atoms with E-state index in [-0.39, 0.29) is 5.56 Å². The molecule has 8 nitrogen and oxygen atoms in total. The monoisotopic (exact) mass is 365 g/mol. The lowest BCUT2D eigenvalue weighted by Crippen LogP contribution is -2.45. The quantitative estimate of drug-likeness (QED) is 0.730. The molecule has 4 rings (SSSR count). The molecule has 0 radical (unpaired) electrons. The topological polar surface area (TPSA) is 91.7 Å². The van der Waals surface area contributed by atoms with E-state index in [0.29, 0.717) is 29.2 Å². The zero-order chi connectivity index (χ0) is 18.8. The second-order valence-corrected chi connectivity index (χ2v) is 6.96. The predicted molar refractivity (Wildman–Crippen MR) is 104 cm³/mol. The van der Waals surface area contributed by atoms with Crippen LogP contribution in [0.15, 0.2) is 47.5 Å². The van der Waals surface area contributed by atoms with Crippen molar-refractivity contribution in [2.45, 2.75) is 31.8 Å². The highest BCUT2D eigenvalue weighted by Crippen LogP contribution is 2.21. The van der Waals surface area contributed by atoms with Crippen LogP contribution in [-0.4, -0.2) is 50.6 Å². The van der Waals surface area contributed by atoms with Crippen molar-refractivity contribution in [3.63, 3.8) is 0 Å². The highest BCUT2D eigenvalue weighted by atomic mass is 16.1. The number of nitrogens with one attached hydrogen (secondary N) is 2. The summed E-state index contributed by atoms with van der Waals surface area (Å²) in [6.07, 6.45) is 5.54. The van der Waals surface area contributed by atoms with E-state index < -0.39 is 0 Å². The molecule has 2 atom stereocenters. The van der Waals surface area contributed by atoms with Crippen molar-refractivity contribution in [1.29, 1.82) is 0 Å². The molecule has 2 N–H and O–H groups in total. The molecule has 0 aliphatic carbocycles. The number of pyridine rings is 1. The Morgan fingerprint density at radius 2 is 2.11 bits per heavy atom. The second kappa shape index (κ2) is 7.32. The number of piperidine rings is 1. The number of H-pyrrole nitrogens is 1. The van der Waals surface area contributed by atoms with Crippen LogP contribution in [0.4, 0.5) is 5.82 Å². The van der Waals surface area contributed by atoms with E-state index in [1.54, 1.807) is 24.5 Å². The highest BCUT2D eigenvalue weighted by molar-refractivity contribution is 5.56. The van der Waals surface area contributed by atoms with Gasteiger partial charge in [-0.2, -0.15) is 5.10 Å². The Bertz CT molecular complexity index is 949. The van der Waals surface area contributed by atoms with Gasteiger partial charge in [0.25, 0.3) is 5.56 Å². The Morgan fingerprint density at radius 3 is 2.78 bits per heavy atom. The van der Waals surface area contributed by atoms with Crippen LogP contribution >= 0.6 is 0 Å². The molecule has 27 heavy (non-hydrogen) atoms. The summed E-state index contributed by atoms with van der Waals surface area (Å²) < 4.78 is 1.53. The maximum absolute atomic E-state index is 12.3. The largest absolute Gasteiger partial charge is 0.355 e. The van der Waals surface area contributed by atoms with Crippen LogP contribution in [0.25, 0.3) is 17.1 Å². The van der Waals surface area contributed by atoms with E-state index in [1.807, 2.05) is 18.2 Å². The Labute approximate surface area is 157 Å². The van der Waals surface area contributed by atoms with Gasteiger partial charge in [0.05, 0.1) is 5.69 Å². The van der Waals surface area contributed by atoms with Crippen molar-refractivity contribution in [3.05, 3.63) is 53.1 Å². The van der Waals surface area contributed by atoms with Crippen molar-refractivity contribution in [2.75, 3.05) is 18.5 Å². The smallest absolute Gasteiger partial charge is 0.274 e. The zero-order valence-corrected chi connectivity index (χ0v) is 15.5. The van der Waals surface area contributed by atoms with E-state index in [9.17, 15) is 4.79 Å². The summed E-state index contributed by atoms with van der Waals surface area (Å²) in [6, 6.07) is 10.1. The molecule has 3 aromatic heterocycles. The number of rotatable bonds is 4. The Hall–Kier alpha value is -3.00. The second-order valence-electron chi connectivity index (χ2n) is 6.96. The van der Waals surface area contributed by atoms with Crippen molar-refractivity contribution >= 4 is 5.82 Å². The first-order valence-corrected chi connectivity index (χ1v) is 9.15. The van der Waals surface area contributed by atoms with Gasteiger partial charge in [-0.25, -0.2) is 4.68 Å². The van der Waals surface area contributed by atoms with Gasteiger partial charge < -0.3 is 15.2 Å². The van der Waals surface area contributed by atoms with Crippen LogP contribution < -0.4 is 15.8 Å². The van der Waals surface area contributed by atoms with Gasteiger partial charge in [0, 0.05) is 31.5 Å². The van der Waals surface area contributed by atoms with Gasteiger partial charge in [0.1, 0.15) is 11.4 Å². The van der Waals surface area contributed by atoms with Gasteiger partial charge in [-0.15, -0.1) is 10.2 Å². The van der Waals surface area contributed by atoms with E-state index in [1.165, 1.54) is 4.68 Å². The van der Waals surface area contributed by atoms with Crippen molar-refractivity contribution in [1.82, 2.24) is 30.3 Å². The van der Waals surface area contributed by atoms with Crippen molar-refractivity contribution < 1.29 is 0 Å². The van der Waals surface area contributed by atoms with Crippen LogP contribution in [0, 0.1) is 0 Å². The van der Waals surface area contributed by atoms with E-state index in [2.05, 4.69) is 44.5 Å². The maximum Gasteiger partial charge on any atom is 0.274 e. The molecule has 1 aliphatic rings. The third-order valence-electron chi connectivity index (χ3n) is 5.07. The normalized spacial score (nSPS) is 19.8. The van der Waals surface area contributed by atoms with Gasteiger partial charge >= 0.3 is 0 Å². The van der Waals surface area contributed by atoms with E-state index in [4.69, 9.17) is 0 Å². The van der Waals surface area contributed by atoms with Gasteiger partial charge in [-0.1, -0.05) is 0 Å². The summed E-state index contributed by atoms with van der Waals surface area (Å²) in [5.41, 5.74) is 1.51. The number of aromatic amines is 1. The first kappa shape index (κ1) is 17.4. The fourth-order valence-electron chi connectivity index (χ4n) is 3.51. The summed E-state index contributed by atoms with van der Waals surface area (Å²) in [6.45, 7) is 3.23. The Kier molecular flexibility index (Phi) is 4.72. The fraction of sp³-hybridized carbons (Fsp3) is 0.368. The van der Waals surface area contributed by atoms with Crippen molar-refractivity contribution in [3.8, 4) is 17.1 Å². The van der Waals surface area contributed by atoms with E-state index in [0.717, 1.165) is 25.2 Å². The standard InChI is InChI=1S/C19H23N7O/c1-13-12-14(8-10-20-13)25(2)18-7-5-16(23-24-18)15-4-6-17(19(27)22-15)26-11-3-9-21-26/h3-7,9,11,13-14,20H,8,10,12H2,1-2H3,(H,22,27). The zero-order valence-electron chi connectivity index (χ0n) is 15.5. The van der Waals surface area contributed by atoms with Gasteiger partial charge in [0.2, 0.25) is 0 Å². The van der Waals surface area contributed by atoms with Gasteiger partial charge in [-0.3, -0.25) is 4.79 Å². The summed E-state index contributed by atoms with van der Waals surface area (Å²) >= 11 is 0. The average Bonchev–Trinajstić information content (AvgIpc) is 3.22. The van der Waals surface area contributed by atoms with Crippen LogP contribution in [-0.2, 0) is 0 Å². The lowest BCUT2D eigenvalue weighted by Gasteiger charge is -2.35. The van der Waals surface area contributed by atoms with Crippen LogP contribution in [0.1, 0.15) is 19.8 Å². The Morgan fingerprint density at radius 1 is 1.22 bits per heavy atom. The maximum atomic E-state index is 12.3. The third-order valence-corrected chi connectivity index (χ3v) is 5.07. The number of nitrogens with zero attached hydrogens (tertiary/aromatic N) is 5. The molecular weight excluding hydrogens is 342 g/mol. The molecule has 0 saturated carbocycles. The molecule has 3 aromatic rings. The number of hydrogen-bond acceptors (Lipinski definition) is 6. The molecule has 4 heterocycles. The summed E-state index contributed by atoms with van der Waals surface area (Å²) in [5.74, 6) is 0.841. The molecule has 1 fully saturated rings. The van der Waals surface area contributed by atoms with Gasteiger partial charge in [0.15, 0.2) is 5.82 Å². The SMILES string of the molecule is CC1CC(N(C)c2ccc(-c3ccc(-n4cccn4)c(=O)[nH]3)nn2)CCN1. The summed E-state index contributed by atoms with van der Waals surface area (Å²) in [7, 11) is 2.06. The first-order chi connectivity index (χ1) is 13.1. The minimum Gasteiger partial charge on any atom is -0.355 e. The first-order valence-electron chi connectivity index (χ1n) is 9.15. The van der Waals surface area contributed by atoms with Crippen LogP contribution in [0.3, 0.4) is 0 Å². The molecule has 0 bridgehead atoms. The molecule has 0 amide bonds. The van der Waals surface area contributed by atoms with Crippen LogP contribution in [0.5, 0.6) is 0 Å². The van der Waals surface area contributed by atoms with E-state index >= 15 is 0 Å². The molecular formula is C19H23N7O. The molecule has 1 aliphatic heterocycles. The lowest BCUT2D eigenvalue weighted by atomic mass is 9.99. The van der Waals surface area contributed by atoms with Gasteiger partial charge in [-0.05, 0) is 56.6 Å². The highest BCUT2D eigenvalue weighted by Gasteiger charge is 2.23. The van der Waals surface area contributed by atoms with Crippen molar-refractivity contribution in [2.24, 2.45) is 0 Å².